The van der Waals surface area contributed by atoms with E-state index in [9.17, 15) is 4.79 Å². The van der Waals surface area contributed by atoms with Crippen LogP contribution in [0.1, 0.15) is 47.6 Å². The fourth-order valence-corrected chi connectivity index (χ4v) is 4.34. The van der Waals surface area contributed by atoms with Gasteiger partial charge in [0.05, 0.1) is 12.6 Å². The predicted octanol–water partition coefficient (Wildman–Crippen LogP) is 3.96. The van der Waals surface area contributed by atoms with Crippen LogP contribution in [-0.4, -0.2) is 41.9 Å². The highest BCUT2D eigenvalue weighted by molar-refractivity contribution is 5.80. The average Bonchev–Trinajstić information content (AvgIpc) is 2.68. The lowest BCUT2D eigenvalue weighted by atomic mass is 9.88. The molecule has 0 spiro atoms. The Morgan fingerprint density at radius 3 is 2.46 bits per heavy atom. The molecule has 1 atom stereocenters. The van der Waals surface area contributed by atoms with Gasteiger partial charge in [-0.1, -0.05) is 60.5 Å². The van der Waals surface area contributed by atoms with Gasteiger partial charge in [-0.2, -0.15) is 0 Å². The molecule has 26 heavy (non-hydrogen) atoms. The van der Waals surface area contributed by atoms with E-state index in [0.29, 0.717) is 6.54 Å². The molecule has 1 saturated heterocycles. The second-order valence-electron chi connectivity index (χ2n) is 7.69. The highest BCUT2D eigenvalue weighted by Crippen LogP contribution is 2.35. The van der Waals surface area contributed by atoms with Gasteiger partial charge in [0.1, 0.15) is 0 Å². The number of carbonyl (C=O) groups excluding carboxylic acids is 1. The number of likely N-dealkylation sites (tertiary alicyclic amines) is 1. The SMILES string of the molecule is Cc1ccc(C2c3ccccc3CCN2C(=O)CN2CCCCC2)cc1. The van der Waals surface area contributed by atoms with Crippen molar-refractivity contribution in [2.24, 2.45) is 0 Å². The first-order valence-corrected chi connectivity index (χ1v) is 9.88. The Labute approximate surface area is 156 Å². The van der Waals surface area contributed by atoms with E-state index in [4.69, 9.17) is 0 Å². The van der Waals surface area contributed by atoms with Crippen molar-refractivity contribution < 1.29 is 4.79 Å². The minimum atomic E-state index is 0.0397. The molecule has 4 rings (SSSR count). The van der Waals surface area contributed by atoms with Crippen LogP contribution in [0.2, 0.25) is 0 Å². The maximum absolute atomic E-state index is 13.2. The Hall–Kier alpha value is -2.13. The van der Waals surface area contributed by atoms with Crippen LogP contribution in [0.15, 0.2) is 48.5 Å². The second kappa shape index (κ2) is 7.63. The minimum Gasteiger partial charge on any atom is -0.330 e. The molecule has 3 heteroatoms. The lowest BCUT2D eigenvalue weighted by Gasteiger charge is -2.39. The first-order chi connectivity index (χ1) is 12.7. The highest BCUT2D eigenvalue weighted by atomic mass is 16.2. The van der Waals surface area contributed by atoms with E-state index < -0.39 is 0 Å². The van der Waals surface area contributed by atoms with E-state index in [2.05, 4.69) is 65.3 Å². The van der Waals surface area contributed by atoms with Crippen LogP contribution in [0.25, 0.3) is 0 Å². The monoisotopic (exact) mass is 348 g/mol. The Kier molecular flexibility index (Phi) is 5.07. The molecule has 0 N–H and O–H groups in total. The Morgan fingerprint density at radius 2 is 1.69 bits per heavy atom. The molecule has 0 aliphatic carbocycles. The van der Waals surface area contributed by atoms with E-state index >= 15 is 0 Å². The summed E-state index contributed by atoms with van der Waals surface area (Å²) in [4.78, 5) is 17.7. The number of benzene rings is 2. The molecule has 2 aromatic rings. The van der Waals surface area contributed by atoms with Gasteiger partial charge < -0.3 is 4.90 Å². The van der Waals surface area contributed by atoms with Gasteiger partial charge in [0.2, 0.25) is 5.91 Å². The Balaban J connectivity index is 1.64. The zero-order valence-corrected chi connectivity index (χ0v) is 15.7. The van der Waals surface area contributed by atoms with E-state index in [0.717, 1.165) is 26.1 Å². The molecular formula is C23H28N2O. The van der Waals surface area contributed by atoms with E-state index in [1.807, 2.05) is 0 Å². The summed E-state index contributed by atoms with van der Waals surface area (Å²) in [6.45, 7) is 5.60. The summed E-state index contributed by atoms with van der Waals surface area (Å²) in [6, 6.07) is 17.3. The van der Waals surface area contributed by atoms with Crippen LogP contribution in [0.4, 0.5) is 0 Å². The van der Waals surface area contributed by atoms with E-state index in [-0.39, 0.29) is 11.9 Å². The molecule has 3 nitrogen and oxygen atoms in total. The third-order valence-corrected chi connectivity index (χ3v) is 5.80. The quantitative estimate of drug-likeness (QED) is 0.838. The number of nitrogens with zero attached hydrogens (tertiary/aromatic N) is 2. The summed E-state index contributed by atoms with van der Waals surface area (Å²) >= 11 is 0. The van der Waals surface area contributed by atoms with Gasteiger partial charge in [0.15, 0.2) is 0 Å². The Morgan fingerprint density at radius 1 is 0.962 bits per heavy atom. The van der Waals surface area contributed by atoms with Crippen molar-refractivity contribution in [2.45, 2.75) is 38.6 Å². The van der Waals surface area contributed by atoms with Gasteiger partial charge in [0.25, 0.3) is 0 Å². The van der Waals surface area contributed by atoms with Crippen LogP contribution in [0.3, 0.4) is 0 Å². The zero-order chi connectivity index (χ0) is 17.9. The van der Waals surface area contributed by atoms with Gasteiger partial charge >= 0.3 is 0 Å². The van der Waals surface area contributed by atoms with Gasteiger partial charge in [-0.3, -0.25) is 9.69 Å². The summed E-state index contributed by atoms with van der Waals surface area (Å²) in [5, 5.41) is 0. The molecule has 0 saturated carbocycles. The van der Waals surface area contributed by atoms with Crippen molar-refractivity contribution in [1.82, 2.24) is 9.80 Å². The molecule has 2 aliphatic rings. The Bertz CT molecular complexity index is 762. The van der Waals surface area contributed by atoms with Crippen LogP contribution in [-0.2, 0) is 11.2 Å². The van der Waals surface area contributed by atoms with Crippen molar-refractivity contribution in [1.29, 1.82) is 0 Å². The molecular weight excluding hydrogens is 320 g/mol. The first kappa shape index (κ1) is 17.3. The summed E-state index contributed by atoms with van der Waals surface area (Å²) in [6.07, 6.45) is 4.69. The van der Waals surface area contributed by atoms with Crippen LogP contribution >= 0.6 is 0 Å². The van der Waals surface area contributed by atoms with Crippen molar-refractivity contribution in [3.8, 4) is 0 Å². The standard InChI is InChI=1S/C23H28N2O/c1-18-9-11-20(12-10-18)23-21-8-4-3-7-19(21)13-16-25(23)22(26)17-24-14-5-2-6-15-24/h3-4,7-12,23H,2,5-6,13-17H2,1H3. The minimum absolute atomic E-state index is 0.0397. The van der Waals surface area contributed by atoms with Gasteiger partial charge in [0, 0.05) is 6.54 Å². The lowest BCUT2D eigenvalue weighted by Crippen LogP contribution is -2.46. The molecule has 2 aromatic carbocycles. The smallest absolute Gasteiger partial charge is 0.237 e. The lowest BCUT2D eigenvalue weighted by molar-refractivity contribution is -0.134. The molecule has 1 unspecified atom stereocenters. The number of hydrogen-bond acceptors (Lipinski definition) is 2. The second-order valence-corrected chi connectivity index (χ2v) is 7.69. The maximum Gasteiger partial charge on any atom is 0.237 e. The number of rotatable bonds is 3. The molecule has 2 heterocycles. The molecule has 1 fully saturated rings. The number of fused-ring (bicyclic) bond motifs is 1. The van der Waals surface area contributed by atoms with Crippen molar-refractivity contribution in [2.75, 3.05) is 26.2 Å². The number of hydrogen-bond donors (Lipinski definition) is 0. The first-order valence-electron chi connectivity index (χ1n) is 9.88. The van der Waals surface area contributed by atoms with Crippen LogP contribution in [0, 0.1) is 6.92 Å². The molecule has 2 aliphatic heterocycles. The maximum atomic E-state index is 13.2. The van der Waals surface area contributed by atoms with Crippen molar-refractivity contribution in [3.05, 3.63) is 70.8 Å². The van der Waals surface area contributed by atoms with Gasteiger partial charge in [-0.15, -0.1) is 0 Å². The van der Waals surface area contributed by atoms with Crippen LogP contribution in [0.5, 0.6) is 0 Å². The molecule has 1 amide bonds. The third-order valence-electron chi connectivity index (χ3n) is 5.80. The number of piperidine rings is 1. The van der Waals surface area contributed by atoms with Crippen molar-refractivity contribution in [3.63, 3.8) is 0 Å². The fraction of sp³-hybridized carbons (Fsp3) is 0.435. The predicted molar refractivity (Wildman–Crippen MR) is 105 cm³/mol. The van der Waals surface area contributed by atoms with Gasteiger partial charge in [-0.05, 0) is 56.0 Å². The van der Waals surface area contributed by atoms with Gasteiger partial charge in [-0.25, -0.2) is 0 Å². The number of aryl methyl sites for hydroxylation is 1. The molecule has 0 radical (unpaired) electrons. The fourth-order valence-electron chi connectivity index (χ4n) is 4.34. The summed E-state index contributed by atoms with van der Waals surface area (Å²) in [5.41, 5.74) is 5.13. The summed E-state index contributed by atoms with van der Waals surface area (Å²) in [7, 11) is 0. The number of amides is 1. The average molecular weight is 348 g/mol. The zero-order valence-electron chi connectivity index (χ0n) is 15.7. The molecule has 0 bridgehead atoms. The summed E-state index contributed by atoms with van der Waals surface area (Å²) < 4.78 is 0. The molecule has 136 valence electrons. The van der Waals surface area contributed by atoms with E-state index in [1.165, 1.54) is 41.5 Å². The van der Waals surface area contributed by atoms with E-state index in [1.54, 1.807) is 0 Å². The largest absolute Gasteiger partial charge is 0.330 e. The van der Waals surface area contributed by atoms with Crippen LogP contribution < -0.4 is 0 Å². The van der Waals surface area contributed by atoms with Crippen molar-refractivity contribution >= 4 is 5.91 Å². The molecule has 0 aromatic heterocycles. The third kappa shape index (κ3) is 3.54. The number of carbonyl (C=O) groups is 1. The highest BCUT2D eigenvalue weighted by Gasteiger charge is 2.32. The summed E-state index contributed by atoms with van der Waals surface area (Å²) in [5.74, 6) is 0.270. The normalized spacial score (nSPS) is 20.7. The topological polar surface area (TPSA) is 23.6 Å².